The number of benzene rings is 1. The molecule has 0 unspecified atom stereocenters. The number of carbonyl (C=O) groups excluding carboxylic acids is 1. The molecule has 1 amide bonds. The Balaban J connectivity index is 1.67. The van der Waals surface area contributed by atoms with Crippen molar-refractivity contribution in [1.29, 1.82) is 0 Å². The van der Waals surface area contributed by atoms with Crippen LogP contribution >= 0.6 is 0 Å². The first-order valence-electron chi connectivity index (χ1n) is 8.15. The molecule has 25 heavy (non-hydrogen) atoms. The van der Waals surface area contributed by atoms with Crippen LogP contribution < -0.4 is 16.4 Å². The minimum atomic E-state index is 0.0348. The van der Waals surface area contributed by atoms with Gasteiger partial charge in [-0.1, -0.05) is 19.1 Å². The summed E-state index contributed by atoms with van der Waals surface area (Å²) in [6.07, 6.45) is 2.83. The monoisotopic (exact) mass is 336 g/mol. The molecule has 0 atom stereocenters. The van der Waals surface area contributed by atoms with Crippen LogP contribution in [0.2, 0.25) is 0 Å². The predicted molar refractivity (Wildman–Crippen MR) is 99.1 cm³/mol. The van der Waals surface area contributed by atoms with Crippen LogP contribution in [0.15, 0.2) is 42.7 Å². The summed E-state index contributed by atoms with van der Waals surface area (Å²) in [5.74, 6) is 1.17. The number of amides is 1. The van der Waals surface area contributed by atoms with Crippen LogP contribution in [0.4, 0.5) is 17.3 Å². The third kappa shape index (κ3) is 4.20. The van der Waals surface area contributed by atoms with Crippen LogP contribution in [-0.4, -0.2) is 20.9 Å². The molecule has 0 radical (unpaired) electrons. The van der Waals surface area contributed by atoms with Crippen LogP contribution in [-0.2, 0) is 11.3 Å². The number of nitrogens with one attached hydrogen (secondary N) is 2. The SMILES string of the molecule is CCCC(=O)Nc1ccc(CNc2ncnc3nc(N)ccc23)cc1. The Labute approximate surface area is 145 Å². The summed E-state index contributed by atoms with van der Waals surface area (Å²) in [5.41, 5.74) is 8.12. The van der Waals surface area contributed by atoms with Crippen molar-refractivity contribution in [3.8, 4) is 0 Å². The maximum atomic E-state index is 11.6. The fourth-order valence-electron chi connectivity index (χ4n) is 2.44. The van der Waals surface area contributed by atoms with Gasteiger partial charge >= 0.3 is 0 Å². The van der Waals surface area contributed by atoms with Crippen molar-refractivity contribution in [2.24, 2.45) is 0 Å². The number of rotatable bonds is 6. The van der Waals surface area contributed by atoms with E-state index in [4.69, 9.17) is 5.73 Å². The summed E-state index contributed by atoms with van der Waals surface area (Å²) >= 11 is 0. The lowest BCUT2D eigenvalue weighted by atomic mass is 10.2. The Morgan fingerprint density at radius 3 is 2.68 bits per heavy atom. The maximum absolute atomic E-state index is 11.6. The highest BCUT2D eigenvalue weighted by molar-refractivity contribution is 5.90. The van der Waals surface area contributed by atoms with Gasteiger partial charge in [-0.3, -0.25) is 4.79 Å². The lowest BCUT2D eigenvalue weighted by molar-refractivity contribution is -0.116. The third-order valence-electron chi connectivity index (χ3n) is 3.69. The van der Waals surface area contributed by atoms with Gasteiger partial charge in [0.2, 0.25) is 5.91 Å². The summed E-state index contributed by atoms with van der Waals surface area (Å²) < 4.78 is 0. The number of nitrogen functional groups attached to an aromatic ring is 1. The van der Waals surface area contributed by atoms with Crippen molar-refractivity contribution in [3.05, 3.63) is 48.3 Å². The Morgan fingerprint density at radius 1 is 1.12 bits per heavy atom. The molecule has 0 fully saturated rings. The minimum Gasteiger partial charge on any atom is -0.384 e. The molecule has 128 valence electrons. The Morgan fingerprint density at radius 2 is 1.92 bits per heavy atom. The first kappa shape index (κ1) is 16.6. The summed E-state index contributed by atoms with van der Waals surface area (Å²) in [7, 11) is 0. The number of nitrogens with zero attached hydrogens (tertiary/aromatic N) is 3. The zero-order valence-corrected chi connectivity index (χ0v) is 14.0. The summed E-state index contributed by atoms with van der Waals surface area (Å²) in [5, 5.41) is 6.98. The second-order valence-corrected chi connectivity index (χ2v) is 5.68. The predicted octanol–water partition coefficient (Wildman–Crippen LogP) is 2.96. The second kappa shape index (κ2) is 7.57. The number of carbonyl (C=O) groups is 1. The molecule has 2 heterocycles. The van der Waals surface area contributed by atoms with Crippen molar-refractivity contribution >= 4 is 34.3 Å². The highest BCUT2D eigenvalue weighted by Gasteiger charge is 2.05. The van der Waals surface area contributed by atoms with E-state index in [-0.39, 0.29) is 5.91 Å². The number of nitrogens with two attached hydrogens (primary N) is 1. The van der Waals surface area contributed by atoms with Gasteiger partial charge in [0.1, 0.15) is 18.0 Å². The smallest absolute Gasteiger partial charge is 0.224 e. The molecule has 0 saturated carbocycles. The first-order chi connectivity index (χ1) is 12.2. The molecule has 0 spiro atoms. The van der Waals surface area contributed by atoms with Gasteiger partial charge in [0.25, 0.3) is 0 Å². The molecule has 0 aliphatic rings. The highest BCUT2D eigenvalue weighted by atomic mass is 16.1. The van der Waals surface area contributed by atoms with E-state index in [0.717, 1.165) is 23.1 Å². The molecule has 0 aliphatic carbocycles. The molecular weight excluding hydrogens is 316 g/mol. The lowest BCUT2D eigenvalue weighted by Crippen LogP contribution is -2.10. The molecule has 0 aliphatic heterocycles. The van der Waals surface area contributed by atoms with Crippen LogP contribution in [0, 0.1) is 0 Å². The zero-order chi connectivity index (χ0) is 17.6. The number of anilines is 3. The van der Waals surface area contributed by atoms with E-state index in [1.807, 2.05) is 37.3 Å². The van der Waals surface area contributed by atoms with Crippen LogP contribution in [0.1, 0.15) is 25.3 Å². The first-order valence-corrected chi connectivity index (χ1v) is 8.15. The number of fused-ring (bicyclic) bond motifs is 1. The normalized spacial score (nSPS) is 10.6. The largest absolute Gasteiger partial charge is 0.384 e. The van der Waals surface area contributed by atoms with Crippen molar-refractivity contribution < 1.29 is 4.79 Å². The fourth-order valence-corrected chi connectivity index (χ4v) is 2.44. The topological polar surface area (TPSA) is 106 Å². The summed E-state index contributed by atoms with van der Waals surface area (Å²) in [6.45, 7) is 2.58. The quantitative estimate of drug-likeness (QED) is 0.639. The maximum Gasteiger partial charge on any atom is 0.224 e. The molecule has 0 bridgehead atoms. The summed E-state index contributed by atoms with van der Waals surface area (Å²) in [6, 6.07) is 11.3. The van der Waals surface area contributed by atoms with E-state index in [1.165, 1.54) is 6.33 Å². The Kier molecular flexibility index (Phi) is 5.03. The van der Waals surface area contributed by atoms with Crippen molar-refractivity contribution in [3.63, 3.8) is 0 Å². The molecule has 2 aromatic heterocycles. The molecule has 0 saturated heterocycles. The second-order valence-electron chi connectivity index (χ2n) is 5.68. The molecule has 1 aromatic carbocycles. The van der Waals surface area contributed by atoms with Gasteiger partial charge in [-0.15, -0.1) is 0 Å². The van der Waals surface area contributed by atoms with Crippen LogP contribution in [0.5, 0.6) is 0 Å². The number of aromatic nitrogens is 3. The average Bonchev–Trinajstić information content (AvgIpc) is 2.61. The molecule has 7 heteroatoms. The van der Waals surface area contributed by atoms with Gasteiger partial charge in [0.05, 0.1) is 5.39 Å². The summed E-state index contributed by atoms with van der Waals surface area (Å²) in [4.78, 5) is 24.2. The van der Waals surface area contributed by atoms with Gasteiger partial charge in [0.15, 0.2) is 5.65 Å². The van der Waals surface area contributed by atoms with Gasteiger partial charge < -0.3 is 16.4 Å². The lowest BCUT2D eigenvalue weighted by Gasteiger charge is -2.09. The molecule has 3 aromatic rings. The minimum absolute atomic E-state index is 0.0348. The van der Waals surface area contributed by atoms with E-state index in [1.54, 1.807) is 6.07 Å². The van der Waals surface area contributed by atoms with Gasteiger partial charge in [-0.25, -0.2) is 15.0 Å². The Hall–Kier alpha value is -3.22. The van der Waals surface area contributed by atoms with Crippen molar-refractivity contribution in [1.82, 2.24) is 15.0 Å². The van der Waals surface area contributed by atoms with Crippen LogP contribution in [0.25, 0.3) is 11.0 Å². The number of pyridine rings is 1. The van der Waals surface area contributed by atoms with Gasteiger partial charge in [-0.2, -0.15) is 0 Å². The fraction of sp³-hybridized carbons (Fsp3) is 0.222. The number of hydrogen-bond donors (Lipinski definition) is 3. The van der Waals surface area contributed by atoms with E-state index >= 15 is 0 Å². The van der Waals surface area contributed by atoms with E-state index in [9.17, 15) is 4.79 Å². The standard InChI is InChI=1S/C18H20N6O/c1-2-3-16(25)23-13-6-4-12(5-7-13)10-20-17-14-8-9-15(19)24-18(14)22-11-21-17/h4-9,11H,2-3,10H2,1H3,(H,23,25)(H3,19,20,21,22,24). The van der Waals surface area contributed by atoms with E-state index in [2.05, 4.69) is 25.6 Å². The van der Waals surface area contributed by atoms with Gasteiger partial charge in [-0.05, 0) is 36.2 Å². The average molecular weight is 336 g/mol. The molecule has 4 N–H and O–H groups in total. The highest BCUT2D eigenvalue weighted by Crippen LogP contribution is 2.19. The van der Waals surface area contributed by atoms with Crippen molar-refractivity contribution in [2.75, 3.05) is 16.4 Å². The van der Waals surface area contributed by atoms with Crippen LogP contribution in [0.3, 0.4) is 0 Å². The third-order valence-corrected chi connectivity index (χ3v) is 3.69. The molecular formula is C18H20N6O. The van der Waals surface area contributed by atoms with Crippen molar-refractivity contribution in [2.45, 2.75) is 26.3 Å². The molecule has 7 nitrogen and oxygen atoms in total. The van der Waals surface area contributed by atoms with Gasteiger partial charge in [0, 0.05) is 18.7 Å². The van der Waals surface area contributed by atoms with E-state index in [0.29, 0.717) is 30.2 Å². The van der Waals surface area contributed by atoms with E-state index < -0.39 is 0 Å². The number of hydrogen-bond acceptors (Lipinski definition) is 6. The zero-order valence-electron chi connectivity index (χ0n) is 14.0. The molecule has 3 rings (SSSR count). The Bertz CT molecular complexity index is 878.